The van der Waals surface area contributed by atoms with Crippen molar-refractivity contribution in [2.75, 3.05) is 26.2 Å². The molecule has 2 aliphatic rings. The molecule has 126 valence electrons. The first-order valence-corrected chi connectivity index (χ1v) is 8.83. The smallest absolute Gasteiger partial charge is 0.274 e. The highest BCUT2D eigenvalue weighted by Crippen LogP contribution is 2.17. The topological polar surface area (TPSA) is 58.4 Å². The molecule has 6 heteroatoms. The van der Waals surface area contributed by atoms with Crippen LogP contribution >= 0.6 is 0 Å². The summed E-state index contributed by atoms with van der Waals surface area (Å²) in [6.45, 7) is 5.51. The van der Waals surface area contributed by atoms with Crippen molar-refractivity contribution >= 4 is 11.8 Å². The van der Waals surface area contributed by atoms with Gasteiger partial charge in [-0.15, -0.1) is 0 Å². The minimum Gasteiger partial charge on any atom is -0.339 e. The maximum atomic E-state index is 12.6. The Morgan fingerprint density at radius 1 is 1.09 bits per heavy atom. The minimum atomic E-state index is 0.00700. The van der Waals surface area contributed by atoms with Crippen molar-refractivity contribution < 1.29 is 9.59 Å². The van der Waals surface area contributed by atoms with Gasteiger partial charge in [-0.05, 0) is 31.7 Å². The standard InChI is InChI=1S/C17H26N4O2/c1-2-3-7-16(22)19-9-11-20(12-10-19)17(23)15-13-14-6-4-5-8-21(14)18-15/h13H,2-12H2,1H3. The summed E-state index contributed by atoms with van der Waals surface area (Å²) in [5, 5.41) is 4.47. The average Bonchev–Trinajstić information content (AvgIpc) is 3.03. The summed E-state index contributed by atoms with van der Waals surface area (Å²) in [6.07, 6.45) is 5.93. The van der Waals surface area contributed by atoms with Crippen molar-refractivity contribution in [3.63, 3.8) is 0 Å². The van der Waals surface area contributed by atoms with Crippen LogP contribution in [0.4, 0.5) is 0 Å². The zero-order valence-corrected chi connectivity index (χ0v) is 14.0. The molecule has 0 atom stereocenters. The molecule has 1 fully saturated rings. The molecule has 1 aromatic heterocycles. The fourth-order valence-corrected chi connectivity index (χ4v) is 3.33. The van der Waals surface area contributed by atoms with Gasteiger partial charge in [-0.2, -0.15) is 5.10 Å². The van der Waals surface area contributed by atoms with Crippen LogP contribution in [0.15, 0.2) is 6.07 Å². The molecule has 0 bridgehead atoms. The molecule has 0 spiro atoms. The molecule has 0 aliphatic carbocycles. The van der Waals surface area contributed by atoms with Crippen molar-refractivity contribution in [3.05, 3.63) is 17.5 Å². The quantitative estimate of drug-likeness (QED) is 0.849. The number of carbonyl (C=O) groups is 2. The van der Waals surface area contributed by atoms with Gasteiger partial charge in [0.2, 0.25) is 5.91 Å². The summed E-state index contributed by atoms with van der Waals surface area (Å²) < 4.78 is 1.97. The molecule has 3 heterocycles. The molecule has 0 N–H and O–H groups in total. The number of piperazine rings is 1. The van der Waals surface area contributed by atoms with E-state index in [1.54, 1.807) is 0 Å². The molecular formula is C17H26N4O2. The molecule has 0 aromatic carbocycles. The van der Waals surface area contributed by atoms with Gasteiger partial charge in [-0.25, -0.2) is 0 Å². The summed E-state index contributed by atoms with van der Waals surface area (Å²) in [7, 11) is 0. The lowest BCUT2D eigenvalue weighted by molar-refractivity contribution is -0.132. The average molecular weight is 318 g/mol. The lowest BCUT2D eigenvalue weighted by Crippen LogP contribution is -2.50. The van der Waals surface area contributed by atoms with E-state index < -0.39 is 0 Å². The van der Waals surface area contributed by atoms with Gasteiger partial charge in [-0.3, -0.25) is 14.3 Å². The molecular weight excluding hydrogens is 292 g/mol. The number of unbranched alkanes of at least 4 members (excludes halogenated alkanes) is 1. The van der Waals surface area contributed by atoms with Crippen molar-refractivity contribution in [2.24, 2.45) is 0 Å². The highest BCUT2D eigenvalue weighted by molar-refractivity contribution is 5.92. The van der Waals surface area contributed by atoms with Crippen LogP contribution in [0.1, 0.15) is 55.2 Å². The van der Waals surface area contributed by atoms with E-state index >= 15 is 0 Å². The van der Waals surface area contributed by atoms with E-state index in [4.69, 9.17) is 0 Å². The third-order valence-corrected chi connectivity index (χ3v) is 4.80. The van der Waals surface area contributed by atoms with Gasteiger partial charge < -0.3 is 9.80 Å². The van der Waals surface area contributed by atoms with E-state index in [-0.39, 0.29) is 11.8 Å². The summed E-state index contributed by atoms with van der Waals surface area (Å²) in [5.74, 6) is 0.226. The van der Waals surface area contributed by atoms with Crippen LogP contribution in [0.25, 0.3) is 0 Å². The maximum Gasteiger partial charge on any atom is 0.274 e. The minimum absolute atomic E-state index is 0.00700. The van der Waals surface area contributed by atoms with Crippen LogP contribution in [0.5, 0.6) is 0 Å². The van der Waals surface area contributed by atoms with Crippen molar-refractivity contribution in [1.82, 2.24) is 19.6 Å². The Labute approximate surface area is 137 Å². The second kappa shape index (κ2) is 7.15. The Balaban J connectivity index is 1.56. The van der Waals surface area contributed by atoms with Gasteiger partial charge in [0.25, 0.3) is 5.91 Å². The monoisotopic (exact) mass is 318 g/mol. The number of nitrogens with zero attached hydrogens (tertiary/aromatic N) is 4. The molecule has 6 nitrogen and oxygen atoms in total. The van der Waals surface area contributed by atoms with Gasteiger partial charge in [-0.1, -0.05) is 13.3 Å². The molecule has 0 saturated carbocycles. The van der Waals surface area contributed by atoms with Gasteiger partial charge in [0.1, 0.15) is 0 Å². The lowest BCUT2D eigenvalue weighted by atomic mass is 10.1. The second-order valence-electron chi connectivity index (χ2n) is 6.48. The fourth-order valence-electron chi connectivity index (χ4n) is 3.33. The molecule has 0 unspecified atom stereocenters. The number of fused-ring (bicyclic) bond motifs is 1. The predicted molar refractivity (Wildman–Crippen MR) is 87.2 cm³/mol. The Kier molecular flexibility index (Phi) is 4.98. The molecule has 1 aromatic rings. The Morgan fingerprint density at radius 2 is 1.83 bits per heavy atom. The number of hydrogen-bond acceptors (Lipinski definition) is 3. The van der Waals surface area contributed by atoms with E-state index in [0.29, 0.717) is 38.3 Å². The van der Waals surface area contributed by atoms with Crippen LogP contribution in [0, 0.1) is 0 Å². The number of aromatic nitrogens is 2. The summed E-state index contributed by atoms with van der Waals surface area (Å²) in [6, 6.07) is 1.94. The largest absolute Gasteiger partial charge is 0.339 e. The SMILES string of the molecule is CCCCC(=O)N1CCN(C(=O)c2cc3n(n2)CCCC3)CC1. The molecule has 23 heavy (non-hydrogen) atoms. The zero-order chi connectivity index (χ0) is 16.2. The number of carbonyl (C=O) groups excluding carboxylic acids is 2. The molecule has 0 radical (unpaired) electrons. The molecule has 2 amide bonds. The van der Waals surface area contributed by atoms with Crippen LogP contribution in [-0.4, -0.2) is 57.6 Å². The first-order valence-electron chi connectivity index (χ1n) is 8.83. The Hall–Kier alpha value is -1.85. The number of rotatable bonds is 4. The number of hydrogen-bond donors (Lipinski definition) is 0. The second-order valence-corrected chi connectivity index (χ2v) is 6.48. The normalized spacial score (nSPS) is 18.0. The predicted octanol–water partition coefficient (Wildman–Crippen LogP) is 1.69. The summed E-state index contributed by atoms with van der Waals surface area (Å²) >= 11 is 0. The highest BCUT2D eigenvalue weighted by Gasteiger charge is 2.26. The van der Waals surface area contributed by atoms with Crippen molar-refractivity contribution in [2.45, 2.75) is 52.0 Å². The molecule has 1 saturated heterocycles. The summed E-state index contributed by atoms with van der Waals surface area (Å²) in [4.78, 5) is 28.4. The van der Waals surface area contributed by atoms with Crippen molar-refractivity contribution in [3.8, 4) is 0 Å². The first kappa shape index (κ1) is 16.0. The lowest BCUT2D eigenvalue weighted by Gasteiger charge is -2.34. The fraction of sp³-hybridized carbons (Fsp3) is 0.706. The van der Waals surface area contributed by atoms with E-state index in [1.807, 2.05) is 20.5 Å². The number of amides is 2. The summed E-state index contributed by atoms with van der Waals surface area (Å²) in [5.41, 5.74) is 1.74. The van der Waals surface area contributed by atoms with Gasteiger partial charge in [0, 0.05) is 44.8 Å². The van der Waals surface area contributed by atoms with Gasteiger partial charge in [0.15, 0.2) is 5.69 Å². The highest BCUT2D eigenvalue weighted by atomic mass is 16.2. The van der Waals surface area contributed by atoms with Crippen molar-refractivity contribution in [1.29, 1.82) is 0 Å². The first-order chi connectivity index (χ1) is 11.2. The van der Waals surface area contributed by atoms with Crippen LogP contribution in [0.3, 0.4) is 0 Å². The molecule has 2 aliphatic heterocycles. The molecule has 3 rings (SSSR count). The van der Waals surface area contributed by atoms with E-state index in [2.05, 4.69) is 12.0 Å². The van der Waals surface area contributed by atoms with E-state index in [9.17, 15) is 9.59 Å². The number of aryl methyl sites for hydroxylation is 2. The van der Waals surface area contributed by atoms with Crippen LogP contribution in [-0.2, 0) is 17.8 Å². The maximum absolute atomic E-state index is 12.6. The third kappa shape index (κ3) is 3.57. The zero-order valence-electron chi connectivity index (χ0n) is 14.0. The van der Waals surface area contributed by atoms with E-state index in [1.165, 1.54) is 12.1 Å². The van der Waals surface area contributed by atoms with Crippen LogP contribution < -0.4 is 0 Å². The third-order valence-electron chi connectivity index (χ3n) is 4.80. The van der Waals surface area contributed by atoms with Gasteiger partial charge >= 0.3 is 0 Å². The Bertz CT molecular complexity index is 550. The van der Waals surface area contributed by atoms with Crippen LogP contribution in [0.2, 0.25) is 0 Å². The van der Waals surface area contributed by atoms with E-state index in [0.717, 1.165) is 32.2 Å². The Morgan fingerprint density at radius 3 is 2.52 bits per heavy atom. The van der Waals surface area contributed by atoms with Gasteiger partial charge in [0.05, 0.1) is 0 Å².